The Kier molecular flexibility index (Phi) is 3.39. The Morgan fingerprint density at radius 2 is 2.20 bits per heavy atom. The van der Waals surface area contributed by atoms with Crippen LogP contribution >= 0.6 is 23.4 Å². The predicted octanol–water partition coefficient (Wildman–Crippen LogP) is 4.71. The number of furan rings is 1. The van der Waals surface area contributed by atoms with E-state index < -0.39 is 0 Å². The van der Waals surface area contributed by atoms with E-state index in [2.05, 4.69) is 6.92 Å². The van der Waals surface area contributed by atoms with Crippen molar-refractivity contribution in [2.75, 3.05) is 5.75 Å². The van der Waals surface area contributed by atoms with Crippen molar-refractivity contribution >= 4 is 23.4 Å². The maximum atomic E-state index is 5.98. The van der Waals surface area contributed by atoms with E-state index in [1.165, 1.54) is 4.90 Å². The second-order valence-corrected chi connectivity index (χ2v) is 4.79. The molecule has 1 nitrogen and oxygen atoms in total. The highest BCUT2D eigenvalue weighted by Crippen LogP contribution is 2.33. The fourth-order valence-corrected chi connectivity index (χ4v) is 2.37. The summed E-state index contributed by atoms with van der Waals surface area (Å²) in [6, 6.07) is 9.72. The van der Waals surface area contributed by atoms with Crippen LogP contribution in [0.3, 0.4) is 0 Å². The quantitative estimate of drug-likeness (QED) is 0.719. The molecule has 1 aromatic heterocycles. The summed E-state index contributed by atoms with van der Waals surface area (Å²) in [7, 11) is 0. The molecular formula is C12H11ClOS. The molecule has 0 N–H and O–H groups in total. The molecule has 0 amide bonds. The largest absolute Gasteiger partial charge is 0.464 e. The molecule has 2 rings (SSSR count). The molecule has 3 heteroatoms. The van der Waals surface area contributed by atoms with Gasteiger partial charge in [-0.15, -0.1) is 11.8 Å². The van der Waals surface area contributed by atoms with Crippen molar-refractivity contribution in [1.29, 1.82) is 0 Å². The third-order valence-corrected chi connectivity index (χ3v) is 3.22. The van der Waals surface area contributed by atoms with Crippen LogP contribution in [-0.4, -0.2) is 5.75 Å². The Labute approximate surface area is 98.4 Å². The molecule has 0 aliphatic carbocycles. The maximum absolute atomic E-state index is 5.98. The molecule has 0 saturated heterocycles. The number of hydrogen-bond acceptors (Lipinski definition) is 2. The molecule has 0 fully saturated rings. The van der Waals surface area contributed by atoms with Crippen molar-refractivity contribution in [2.45, 2.75) is 11.8 Å². The van der Waals surface area contributed by atoms with Crippen molar-refractivity contribution in [3.8, 4) is 11.3 Å². The van der Waals surface area contributed by atoms with Crippen molar-refractivity contribution in [2.24, 2.45) is 0 Å². The molecule has 0 unspecified atom stereocenters. The van der Waals surface area contributed by atoms with Gasteiger partial charge in [-0.3, -0.25) is 0 Å². The third kappa shape index (κ3) is 2.39. The minimum absolute atomic E-state index is 0.738. The van der Waals surface area contributed by atoms with E-state index >= 15 is 0 Å². The smallest absolute Gasteiger partial charge is 0.135 e. The zero-order valence-corrected chi connectivity index (χ0v) is 9.94. The number of benzene rings is 1. The van der Waals surface area contributed by atoms with E-state index in [4.69, 9.17) is 16.0 Å². The van der Waals surface area contributed by atoms with Gasteiger partial charge in [-0.05, 0) is 36.1 Å². The van der Waals surface area contributed by atoms with Gasteiger partial charge in [0.1, 0.15) is 5.76 Å². The first kappa shape index (κ1) is 10.7. The van der Waals surface area contributed by atoms with Gasteiger partial charge in [0.2, 0.25) is 0 Å². The second kappa shape index (κ2) is 4.77. The van der Waals surface area contributed by atoms with Crippen LogP contribution in [0.1, 0.15) is 6.92 Å². The van der Waals surface area contributed by atoms with Gasteiger partial charge in [-0.1, -0.05) is 18.5 Å². The highest BCUT2D eigenvalue weighted by Gasteiger charge is 2.08. The highest BCUT2D eigenvalue weighted by atomic mass is 35.5. The monoisotopic (exact) mass is 238 g/mol. The molecule has 1 aromatic carbocycles. The van der Waals surface area contributed by atoms with E-state index in [1.807, 2.05) is 30.3 Å². The normalized spacial score (nSPS) is 10.5. The summed E-state index contributed by atoms with van der Waals surface area (Å²) < 4.78 is 5.39. The highest BCUT2D eigenvalue weighted by molar-refractivity contribution is 7.99. The van der Waals surface area contributed by atoms with Crippen LogP contribution in [0.5, 0.6) is 0 Å². The summed E-state index contributed by atoms with van der Waals surface area (Å²) in [6.45, 7) is 2.13. The molecule has 0 spiro atoms. The van der Waals surface area contributed by atoms with Gasteiger partial charge in [0.05, 0.1) is 6.26 Å². The second-order valence-electron chi connectivity index (χ2n) is 3.05. The first-order valence-electron chi connectivity index (χ1n) is 4.77. The standard InChI is InChI=1S/C12H11ClOS/c1-2-15-12-6-5-9(13)8-10(12)11-4-3-7-14-11/h3-8H,2H2,1H3. The van der Waals surface area contributed by atoms with Gasteiger partial charge in [-0.25, -0.2) is 0 Å². The summed E-state index contributed by atoms with van der Waals surface area (Å²) in [5.41, 5.74) is 1.07. The molecule has 0 saturated carbocycles. The van der Waals surface area contributed by atoms with Crippen molar-refractivity contribution in [3.05, 3.63) is 41.6 Å². The zero-order chi connectivity index (χ0) is 10.7. The molecule has 0 aliphatic heterocycles. The van der Waals surface area contributed by atoms with E-state index in [9.17, 15) is 0 Å². The number of thioether (sulfide) groups is 1. The Morgan fingerprint density at radius 1 is 1.33 bits per heavy atom. The number of hydrogen-bond donors (Lipinski definition) is 0. The fourth-order valence-electron chi connectivity index (χ4n) is 1.41. The lowest BCUT2D eigenvalue weighted by atomic mass is 10.2. The summed E-state index contributed by atoms with van der Waals surface area (Å²) in [5, 5.41) is 0.738. The summed E-state index contributed by atoms with van der Waals surface area (Å²) >= 11 is 7.77. The van der Waals surface area contributed by atoms with Crippen molar-refractivity contribution < 1.29 is 4.42 Å². The molecule has 2 aromatic rings. The van der Waals surface area contributed by atoms with Crippen LogP contribution < -0.4 is 0 Å². The topological polar surface area (TPSA) is 13.1 Å². The van der Waals surface area contributed by atoms with Gasteiger partial charge in [-0.2, -0.15) is 0 Å². The fraction of sp³-hybridized carbons (Fsp3) is 0.167. The lowest BCUT2D eigenvalue weighted by Gasteiger charge is -2.06. The van der Waals surface area contributed by atoms with E-state index in [0.717, 1.165) is 22.1 Å². The molecule has 0 radical (unpaired) electrons. The summed E-state index contributed by atoms with van der Waals surface area (Å²) in [4.78, 5) is 1.21. The molecule has 15 heavy (non-hydrogen) atoms. The molecular weight excluding hydrogens is 228 g/mol. The molecule has 78 valence electrons. The van der Waals surface area contributed by atoms with Crippen molar-refractivity contribution in [3.63, 3.8) is 0 Å². The number of halogens is 1. The van der Waals surface area contributed by atoms with E-state index in [1.54, 1.807) is 18.0 Å². The van der Waals surface area contributed by atoms with Gasteiger partial charge < -0.3 is 4.42 Å². The molecule has 1 heterocycles. The molecule has 0 atom stereocenters. The molecule has 0 aliphatic rings. The Hall–Kier alpha value is -0.860. The Bertz CT molecular complexity index is 437. The zero-order valence-electron chi connectivity index (χ0n) is 8.37. The van der Waals surface area contributed by atoms with Crippen LogP contribution in [-0.2, 0) is 0 Å². The third-order valence-electron chi connectivity index (χ3n) is 2.03. The summed E-state index contributed by atoms with van der Waals surface area (Å²) in [6.07, 6.45) is 1.68. The van der Waals surface area contributed by atoms with Crippen molar-refractivity contribution in [1.82, 2.24) is 0 Å². The lowest BCUT2D eigenvalue weighted by Crippen LogP contribution is -1.81. The molecule has 0 bridgehead atoms. The van der Waals surface area contributed by atoms with Gasteiger partial charge >= 0.3 is 0 Å². The number of rotatable bonds is 3. The lowest BCUT2D eigenvalue weighted by molar-refractivity contribution is 0.581. The maximum Gasteiger partial charge on any atom is 0.135 e. The first-order valence-corrected chi connectivity index (χ1v) is 6.14. The predicted molar refractivity (Wildman–Crippen MR) is 65.6 cm³/mol. The Balaban J connectivity index is 2.47. The first-order chi connectivity index (χ1) is 7.31. The minimum atomic E-state index is 0.738. The Morgan fingerprint density at radius 3 is 2.87 bits per heavy atom. The van der Waals surface area contributed by atoms with Gasteiger partial charge in [0.25, 0.3) is 0 Å². The van der Waals surface area contributed by atoms with Crippen LogP contribution in [0.25, 0.3) is 11.3 Å². The SMILES string of the molecule is CCSc1ccc(Cl)cc1-c1ccco1. The van der Waals surface area contributed by atoms with Crippen LogP contribution in [0.15, 0.2) is 45.9 Å². The van der Waals surface area contributed by atoms with Crippen LogP contribution in [0.2, 0.25) is 5.02 Å². The van der Waals surface area contributed by atoms with Crippen LogP contribution in [0, 0.1) is 0 Å². The average molecular weight is 239 g/mol. The minimum Gasteiger partial charge on any atom is -0.464 e. The summed E-state index contributed by atoms with van der Waals surface area (Å²) in [5.74, 6) is 1.91. The van der Waals surface area contributed by atoms with Gasteiger partial charge in [0.15, 0.2) is 0 Å². The van der Waals surface area contributed by atoms with E-state index in [0.29, 0.717) is 0 Å². The van der Waals surface area contributed by atoms with E-state index in [-0.39, 0.29) is 0 Å². The van der Waals surface area contributed by atoms with Gasteiger partial charge in [0, 0.05) is 15.5 Å². The average Bonchev–Trinajstić information content (AvgIpc) is 2.74. The van der Waals surface area contributed by atoms with Crippen LogP contribution in [0.4, 0.5) is 0 Å².